The minimum absolute atomic E-state index is 0.781. The Morgan fingerprint density at radius 1 is 1.07 bits per heavy atom. The van der Waals surface area contributed by atoms with Crippen LogP contribution in [0, 0.1) is 0 Å². The van der Waals surface area contributed by atoms with Gasteiger partial charge in [0.2, 0.25) is 0 Å². The molecule has 0 bridgehead atoms. The summed E-state index contributed by atoms with van der Waals surface area (Å²) in [5, 5.41) is 5.58. The van der Waals surface area contributed by atoms with E-state index in [2.05, 4.69) is 29.2 Å². The van der Waals surface area contributed by atoms with E-state index in [1.165, 1.54) is 38.5 Å². The van der Waals surface area contributed by atoms with Gasteiger partial charge < -0.3 is 5.32 Å². The van der Waals surface area contributed by atoms with Crippen LogP contribution in [0.15, 0.2) is 12.2 Å². The maximum Gasteiger partial charge on any atom is 0.0384 e. The van der Waals surface area contributed by atoms with Gasteiger partial charge >= 0.3 is 0 Å². The molecule has 3 rings (SSSR count). The largest absolute Gasteiger partial charge is 0.309 e. The molecule has 0 amide bonds. The molecule has 1 nitrogen and oxygen atoms in total. The first kappa shape index (κ1) is 9.29. The van der Waals surface area contributed by atoms with Crippen LogP contribution in [-0.4, -0.2) is 22.6 Å². The van der Waals surface area contributed by atoms with Crippen LogP contribution >= 0.6 is 11.8 Å². The van der Waals surface area contributed by atoms with Gasteiger partial charge in [-0.2, -0.15) is 0 Å². The number of thioether (sulfide) groups is 1. The molecule has 4 atom stereocenters. The van der Waals surface area contributed by atoms with Gasteiger partial charge in [0.25, 0.3) is 0 Å². The highest BCUT2D eigenvalue weighted by molar-refractivity contribution is 8.00. The SMILES string of the molecule is C1=CC2SC3CCCCC3NC2CC1. The fourth-order valence-electron chi connectivity index (χ4n) is 3.05. The number of hydrogen-bond donors (Lipinski definition) is 1. The molecule has 1 saturated heterocycles. The van der Waals surface area contributed by atoms with Crippen LogP contribution in [-0.2, 0) is 0 Å². The Hall–Kier alpha value is 0.0500. The fourth-order valence-corrected chi connectivity index (χ4v) is 4.77. The van der Waals surface area contributed by atoms with E-state index in [4.69, 9.17) is 0 Å². The number of nitrogens with one attached hydrogen (secondary N) is 1. The van der Waals surface area contributed by atoms with Crippen molar-refractivity contribution in [2.45, 2.75) is 61.1 Å². The maximum atomic E-state index is 3.89. The van der Waals surface area contributed by atoms with E-state index in [9.17, 15) is 0 Å². The molecule has 1 saturated carbocycles. The number of rotatable bonds is 0. The molecule has 1 N–H and O–H groups in total. The first-order chi connectivity index (χ1) is 6.93. The second-order valence-corrected chi connectivity index (χ2v) is 6.23. The van der Waals surface area contributed by atoms with E-state index < -0.39 is 0 Å². The van der Waals surface area contributed by atoms with E-state index in [1.807, 2.05) is 0 Å². The topological polar surface area (TPSA) is 12.0 Å². The molecule has 1 aliphatic heterocycles. The zero-order valence-electron chi connectivity index (χ0n) is 8.61. The summed E-state index contributed by atoms with van der Waals surface area (Å²) in [6.45, 7) is 0. The van der Waals surface area contributed by atoms with Gasteiger partial charge in [0.1, 0.15) is 0 Å². The molecule has 1 heterocycles. The lowest BCUT2D eigenvalue weighted by Crippen LogP contribution is -2.55. The zero-order valence-corrected chi connectivity index (χ0v) is 9.43. The van der Waals surface area contributed by atoms with Gasteiger partial charge in [0, 0.05) is 22.6 Å². The van der Waals surface area contributed by atoms with Crippen molar-refractivity contribution in [3.63, 3.8) is 0 Å². The summed E-state index contributed by atoms with van der Waals surface area (Å²) >= 11 is 2.25. The average molecular weight is 209 g/mol. The van der Waals surface area contributed by atoms with Crippen LogP contribution in [0.25, 0.3) is 0 Å². The van der Waals surface area contributed by atoms with Gasteiger partial charge in [-0.15, -0.1) is 11.8 Å². The van der Waals surface area contributed by atoms with Crippen LogP contribution in [0.1, 0.15) is 38.5 Å². The van der Waals surface area contributed by atoms with Gasteiger partial charge in [-0.25, -0.2) is 0 Å². The summed E-state index contributed by atoms with van der Waals surface area (Å²) in [5.41, 5.74) is 0. The van der Waals surface area contributed by atoms with E-state index in [0.29, 0.717) is 0 Å². The van der Waals surface area contributed by atoms with Gasteiger partial charge in [0.05, 0.1) is 0 Å². The quantitative estimate of drug-likeness (QED) is 0.616. The molecule has 0 aromatic rings. The van der Waals surface area contributed by atoms with E-state index >= 15 is 0 Å². The van der Waals surface area contributed by atoms with Crippen molar-refractivity contribution in [3.05, 3.63) is 12.2 Å². The third kappa shape index (κ3) is 1.63. The Morgan fingerprint density at radius 2 is 2.00 bits per heavy atom. The molecular weight excluding hydrogens is 190 g/mol. The number of hydrogen-bond acceptors (Lipinski definition) is 2. The lowest BCUT2D eigenvalue weighted by Gasteiger charge is -2.44. The van der Waals surface area contributed by atoms with Crippen LogP contribution in [0.2, 0.25) is 0 Å². The predicted molar refractivity (Wildman–Crippen MR) is 62.7 cm³/mol. The molecule has 2 aliphatic carbocycles. The Labute approximate surface area is 90.7 Å². The number of allylic oxidation sites excluding steroid dienone is 1. The fraction of sp³-hybridized carbons (Fsp3) is 0.833. The normalized spacial score (nSPS) is 46.9. The van der Waals surface area contributed by atoms with E-state index in [1.54, 1.807) is 0 Å². The number of fused-ring (bicyclic) bond motifs is 2. The average Bonchev–Trinajstić information content (AvgIpc) is 2.26. The van der Waals surface area contributed by atoms with Gasteiger partial charge in [-0.05, 0) is 25.7 Å². The van der Waals surface area contributed by atoms with Crippen LogP contribution < -0.4 is 5.32 Å². The Balaban J connectivity index is 1.73. The Kier molecular flexibility index (Phi) is 2.59. The van der Waals surface area contributed by atoms with Crippen LogP contribution in [0.4, 0.5) is 0 Å². The summed E-state index contributed by atoms with van der Waals surface area (Å²) < 4.78 is 0. The van der Waals surface area contributed by atoms with E-state index in [0.717, 1.165) is 22.6 Å². The smallest absolute Gasteiger partial charge is 0.0384 e. The second-order valence-electron chi connectivity index (χ2n) is 4.81. The Morgan fingerprint density at radius 3 is 3.00 bits per heavy atom. The first-order valence-corrected chi connectivity index (χ1v) is 6.96. The predicted octanol–water partition coefficient (Wildman–Crippen LogP) is 2.72. The summed E-state index contributed by atoms with van der Waals surface area (Å²) in [6, 6.07) is 1.62. The van der Waals surface area contributed by atoms with Crippen molar-refractivity contribution >= 4 is 11.8 Å². The molecule has 4 unspecified atom stereocenters. The van der Waals surface area contributed by atoms with Crippen molar-refractivity contribution in [1.82, 2.24) is 5.32 Å². The second kappa shape index (κ2) is 3.90. The molecule has 78 valence electrons. The van der Waals surface area contributed by atoms with Gasteiger partial charge in [-0.1, -0.05) is 25.0 Å². The molecule has 14 heavy (non-hydrogen) atoms. The zero-order chi connectivity index (χ0) is 9.38. The van der Waals surface area contributed by atoms with Gasteiger partial charge in [0.15, 0.2) is 0 Å². The highest BCUT2D eigenvalue weighted by atomic mass is 32.2. The molecule has 0 radical (unpaired) electrons. The summed E-state index contributed by atoms with van der Waals surface area (Å²) in [5.74, 6) is 0. The highest BCUT2D eigenvalue weighted by Crippen LogP contribution is 2.39. The van der Waals surface area contributed by atoms with Gasteiger partial charge in [-0.3, -0.25) is 0 Å². The van der Waals surface area contributed by atoms with Crippen molar-refractivity contribution in [3.8, 4) is 0 Å². The van der Waals surface area contributed by atoms with Crippen molar-refractivity contribution in [2.24, 2.45) is 0 Å². The van der Waals surface area contributed by atoms with Crippen molar-refractivity contribution in [2.75, 3.05) is 0 Å². The third-order valence-electron chi connectivity index (χ3n) is 3.83. The monoisotopic (exact) mass is 209 g/mol. The van der Waals surface area contributed by atoms with E-state index in [-0.39, 0.29) is 0 Å². The molecule has 0 spiro atoms. The lowest BCUT2D eigenvalue weighted by atomic mass is 9.91. The first-order valence-electron chi connectivity index (χ1n) is 6.02. The maximum absolute atomic E-state index is 3.89. The third-order valence-corrected chi connectivity index (χ3v) is 5.54. The van der Waals surface area contributed by atoms with Crippen molar-refractivity contribution in [1.29, 1.82) is 0 Å². The minimum Gasteiger partial charge on any atom is -0.309 e. The summed E-state index contributed by atoms with van der Waals surface area (Å²) in [6.07, 6.45) is 13.2. The molecule has 2 heteroatoms. The standard InChI is InChI=1S/C12H19NS/c1-3-7-11-9(5-1)13-10-6-2-4-8-12(10)14-11/h3,7,9-13H,1-2,4-6,8H2. The lowest BCUT2D eigenvalue weighted by molar-refractivity contribution is 0.320. The Bertz CT molecular complexity index is 238. The molecule has 0 aromatic heterocycles. The minimum atomic E-state index is 0.781. The van der Waals surface area contributed by atoms with Crippen molar-refractivity contribution < 1.29 is 0 Å². The molecule has 3 aliphatic rings. The highest BCUT2D eigenvalue weighted by Gasteiger charge is 2.37. The molecule has 0 aromatic carbocycles. The molecule has 2 fully saturated rings. The molecular formula is C12H19NS. The summed E-state index contributed by atoms with van der Waals surface area (Å²) in [4.78, 5) is 0. The van der Waals surface area contributed by atoms with Crippen LogP contribution in [0.3, 0.4) is 0 Å². The summed E-state index contributed by atoms with van der Waals surface area (Å²) in [7, 11) is 0. The van der Waals surface area contributed by atoms with Crippen LogP contribution in [0.5, 0.6) is 0 Å².